The number of nitrogens with one attached hydrogen (secondary N) is 1. The van der Waals surface area contributed by atoms with E-state index in [1.165, 1.54) is 4.90 Å². The van der Waals surface area contributed by atoms with Crippen LogP contribution in [0.5, 0.6) is 0 Å². The number of primary amides is 1. The van der Waals surface area contributed by atoms with Gasteiger partial charge in [-0.2, -0.15) is 0 Å². The lowest BCUT2D eigenvalue weighted by molar-refractivity contribution is -0.125. The van der Waals surface area contributed by atoms with Crippen molar-refractivity contribution in [3.63, 3.8) is 0 Å². The van der Waals surface area contributed by atoms with Crippen LogP contribution in [0.2, 0.25) is 5.02 Å². The first kappa shape index (κ1) is 25.6. The van der Waals surface area contributed by atoms with Crippen LogP contribution in [0.3, 0.4) is 0 Å². The van der Waals surface area contributed by atoms with Crippen LogP contribution < -0.4 is 21.7 Å². The van der Waals surface area contributed by atoms with Gasteiger partial charge in [0.25, 0.3) is 0 Å². The van der Waals surface area contributed by atoms with E-state index in [2.05, 4.69) is 15.2 Å². The van der Waals surface area contributed by atoms with Crippen molar-refractivity contribution in [2.75, 3.05) is 36.8 Å². The number of piperazine rings is 1. The maximum absolute atomic E-state index is 13.4. The summed E-state index contributed by atoms with van der Waals surface area (Å²) in [5, 5.41) is 4.48. The first-order chi connectivity index (χ1) is 18.3. The Kier molecular flexibility index (Phi) is 7.24. The third-order valence-electron chi connectivity index (χ3n) is 7.24. The number of urea groups is 2. The molecule has 2 aromatic rings. The number of rotatable bonds is 3. The highest BCUT2D eigenvalue weighted by molar-refractivity contribution is 6.31. The van der Waals surface area contributed by atoms with Crippen molar-refractivity contribution in [1.29, 1.82) is 0 Å². The van der Waals surface area contributed by atoms with E-state index in [1.54, 1.807) is 41.5 Å². The smallest absolute Gasteiger partial charge is 0.323 e. The Hall–Kier alpha value is -4.05. The zero-order valence-electron chi connectivity index (χ0n) is 20.8. The standard InChI is InChI=1S/C27H30ClN7O3/c28-17-8-9-18-21(15-17)31-24(29)16-23(18)33-11-13-34(14-12-33)27(38)32-20-6-4-5-19(25(20)36)22-7-2-1-3-10-35(22)26(30)37/h1-3,7-10,15-16,19-20H,4-6,11-14H2,(H2,29,31)(H2,30,37)(H,32,38). The Morgan fingerprint density at radius 3 is 2.61 bits per heavy atom. The van der Waals surface area contributed by atoms with Crippen LogP contribution in [0.1, 0.15) is 19.3 Å². The summed E-state index contributed by atoms with van der Waals surface area (Å²) in [5.74, 6) is -0.225. The van der Waals surface area contributed by atoms with Crippen molar-refractivity contribution in [3.8, 4) is 0 Å². The second kappa shape index (κ2) is 10.7. The highest BCUT2D eigenvalue weighted by Crippen LogP contribution is 2.32. The molecule has 0 bridgehead atoms. The Morgan fingerprint density at radius 2 is 1.84 bits per heavy atom. The molecule has 5 N–H and O–H groups in total. The molecule has 4 amide bonds. The van der Waals surface area contributed by atoms with Crippen molar-refractivity contribution < 1.29 is 14.4 Å². The molecule has 5 rings (SSSR count). The number of fused-ring (bicyclic) bond motifs is 1. The van der Waals surface area contributed by atoms with Gasteiger partial charge in [0.2, 0.25) is 0 Å². The summed E-state index contributed by atoms with van der Waals surface area (Å²) < 4.78 is 0. The van der Waals surface area contributed by atoms with E-state index in [1.807, 2.05) is 18.2 Å². The minimum absolute atomic E-state index is 0.109. The van der Waals surface area contributed by atoms with E-state index < -0.39 is 18.0 Å². The molecule has 2 unspecified atom stereocenters. The minimum atomic E-state index is -0.653. The summed E-state index contributed by atoms with van der Waals surface area (Å²) in [7, 11) is 0. The van der Waals surface area contributed by atoms with Crippen molar-refractivity contribution in [2.45, 2.75) is 25.3 Å². The van der Waals surface area contributed by atoms with E-state index in [0.29, 0.717) is 55.6 Å². The molecule has 3 aliphatic rings. The number of Topliss-reactive ketones (excluding diaryl/α,β-unsaturated/α-hetero) is 1. The normalized spacial score (nSPS) is 21.9. The van der Waals surface area contributed by atoms with Crippen LogP contribution in [0.4, 0.5) is 21.1 Å². The van der Waals surface area contributed by atoms with Gasteiger partial charge in [0, 0.05) is 60.2 Å². The Labute approximate surface area is 225 Å². The molecule has 10 nitrogen and oxygen atoms in total. The van der Waals surface area contributed by atoms with Crippen molar-refractivity contribution in [3.05, 3.63) is 65.5 Å². The van der Waals surface area contributed by atoms with Gasteiger partial charge in [-0.1, -0.05) is 23.8 Å². The fourth-order valence-electron chi connectivity index (χ4n) is 5.35. The number of carbonyl (C=O) groups excluding carboxylic acids is 3. The fraction of sp³-hybridized carbons (Fsp3) is 0.333. The summed E-state index contributed by atoms with van der Waals surface area (Å²) in [4.78, 5) is 48.1. The molecule has 1 aromatic heterocycles. The molecular formula is C27H30ClN7O3. The van der Waals surface area contributed by atoms with Gasteiger partial charge >= 0.3 is 12.1 Å². The summed E-state index contributed by atoms with van der Waals surface area (Å²) in [6.45, 7) is 2.19. The molecule has 2 aliphatic heterocycles. The van der Waals surface area contributed by atoms with E-state index in [9.17, 15) is 14.4 Å². The molecule has 2 fully saturated rings. The average molecular weight is 536 g/mol. The summed E-state index contributed by atoms with van der Waals surface area (Å²) >= 11 is 6.13. The van der Waals surface area contributed by atoms with E-state index in [-0.39, 0.29) is 11.8 Å². The maximum atomic E-state index is 13.4. The molecule has 3 heterocycles. The SMILES string of the molecule is NC(=O)N1C=CC=CC=C1C1CCCC(NC(=O)N2CCN(c3cc(N)nc4cc(Cl)ccc34)CC2)C1=O. The van der Waals surface area contributed by atoms with E-state index in [4.69, 9.17) is 23.1 Å². The van der Waals surface area contributed by atoms with Gasteiger partial charge in [-0.25, -0.2) is 14.6 Å². The molecule has 1 saturated heterocycles. The number of nitrogens with zero attached hydrogens (tertiary/aromatic N) is 4. The number of ketones is 1. The average Bonchev–Trinajstić information content (AvgIpc) is 3.15. The highest BCUT2D eigenvalue weighted by Gasteiger charge is 2.37. The van der Waals surface area contributed by atoms with Gasteiger partial charge in [-0.05, 0) is 49.6 Å². The van der Waals surface area contributed by atoms with Crippen LogP contribution >= 0.6 is 11.6 Å². The van der Waals surface area contributed by atoms with Gasteiger partial charge in [-0.15, -0.1) is 0 Å². The van der Waals surface area contributed by atoms with Gasteiger partial charge in [-0.3, -0.25) is 9.69 Å². The number of nitrogen functional groups attached to an aromatic ring is 1. The van der Waals surface area contributed by atoms with Gasteiger partial charge in [0.05, 0.1) is 17.5 Å². The lowest BCUT2D eigenvalue weighted by Gasteiger charge is -2.38. The van der Waals surface area contributed by atoms with Crippen LogP contribution in [0, 0.1) is 5.92 Å². The van der Waals surface area contributed by atoms with Crippen LogP contribution in [-0.4, -0.2) is 64.9 Å². The first-order valence-electron chi connectivity index (χ1n) is 12.7. The third kappa shape index (κ3) is 5.17. The number of nitrogens with two attached hydrogens (primary N) is 2. The van der Waals surface area contributed by atoms with E-state index in [0.717, 1.165) is 23.0 Å². The number of hydrogen-bond acceptors (Lipinski definition) is 6. The van der Waals surface area contributed by atoms with Crippen LogP contribution in [0.15, 0.2) is 60.5 Å². The lowest BCUT2D eigenvalue weighted by Crippen LogP contribution is -2.56. The minimum Gasteiger partial charge on any atom is -0.384 e. The molecule has 0 radical (unpaired) electrons. The zero-order valence-corrected chi connectivity index (χ0v) is 21.6. The van der Waals surface area contributed by atoms with Crippen LogP contribution in [0.25, 0.3) is 10.9 Å². The van der Waals surface area contributed by atoms with Crippen molar-refractivity contribution in [1.82, 2.24) is 20.1 Å². The number of benzene rings is 1. The number of pyridine rings is 1. The predicted molar refractivity (Wildman–Crippen MR) is 147 cm³/mol. The molecule has 2 atom stereocenters. The number of allylic oxidation sites excluding steroid dienone is 5. The van der Waals surface area contributed by atoms with Crippen molar-refractivity contribution >= 4 is 51.9 Å². The largest absolute Gasteiger partial charge is 0.384 e. The van der Waals surface area contributed by atoms with Crippen molar-refractivity contribution in [2.24, 2.45) is 11.7 Å². The van der Waals surface area contributed by atoms with Gasteiger partial charge < -0.3 is 26.6 Å². The maximum Gasteiger partial charge on any atom is 0.323 e. The number of carbonyl (C=O) groups is 3. The number of hydrogen-bond donors (Lipinski definition) is 3. The fourth-order valence-corrected chi connectivity index (χ4v) is 5.52. The third-order valence-corrected chi connectivity index (χ3v) is 7.48. The van der Waals surface area contributed by atoms with Gasteiger partial charge in [0.1, 0.15) is 5.82 Å². The number of aromatic nitrogens is 1. The topological polar surface area (TPSA) is 138 Å². The quantitative estimate of drug-likeness (QED) is 0.551. The van der Waals surface area contributed by atoms with E-state index >= 15 is 0 Å². The summed E-state index contributed by atoms with van der Waals surface area (Å²) in [6, 6.07) is 5.84. The molecule has 1 aromatic carbocycles. The molecule has 1 aliphatic carbocycles. The van der Waals surface area contributed by atoms with Crippen LogP contribution in [-0.2, 0) is 4.79 Å². The second-order valence-corrected chi connectivity index (χ2v) is 10.1. The Morgan fingerprint density at radius 1 is 1.05 bits per heavy atom. The number of halogens is 1. The lowest BCUT2D eigenvalue weighted by atomic mass is 9.81. The Balaban J connectivity index is 1.23. The second-order valence-electron chi connectivity index (χ2n) is 9.62. The summed E-state index contributed by atoms with van der Waals surface area (Å²) in [6.07, 6.45) is 10.4. The monoisotopic (exact) mass is 535 g/mol. The first-order valence-corrected chi connectivity index (χ1v) is 13.0. The predicted octanol–water partition coefficient (Wildman–Crippen LogP) is 3.39. The molecule has 0 spiro atoms. The molecule has 1 saturated carbocycles. The molecule has 198 valence electrons. The molecule has 11 heteroatoms. The number of amides is 4. The Bertz CT molecular complexity index is 1360. The zero-order chi connectivity index (χ0) is 26.8. The highest BCUT2D eigenvalue weighted by atomic mass is 35.5. The molecule has 38 heavy (non-hydrogen) atoms. The summed E-state index contributed by atoms with van der Waals surface area (Å²) in [5.41, 5.74) is 13.8. The number of anilines is 2. The molecular weight excluding hydrogens is 506 g/mol. The van der Waals surface area contributed by atoms with Gasteiger partial charge in [0.15, 0.2) is 5.78 Å².